The van der Waals surface area contributed by atoms with Crippen LogP contribution in [-0.2, 0) is 4.79 Å². The SMILES string of the molecule is O=C(O)C(O)C(O)C(O)C(O)CO.c1c[nH]cn1.c1c[nH]cn1.c1cnc2cccnc2c1. The molecule has 4 unspecified atom stereocenters. The van der Waals surface area contributed by atoms with E-state index in [4.69, 9.17) is 30.6 Å². The van der Waals surface area contributed by atoms with Crippen molar-refractivity contribution < 1.29 is 35.4 Å². The van der Waals surface area contributed by atoms with E-state index in [1.165, 1.54) is 0 Å². The molecule has 0 aliphatic carbocycles. The van der Waals surface area contributed by atoms with Crippen LogP contribution in [0.2, 0.25) is 0 Å². The first-order valence-corrected chi connectivity index (χ1v) is 9.45. The predicted octanol–water partition coefficient (Wildman–Crippen LogP) is -1.04. The van der Waals surface area contributed by atoms with Crippen molar-refractivity contribution in [2.45, 2.75) is 24.4 Å². The number of nitrogens with zero attached hydrogens (tertiary/aromatic N) is 4. The molecule has 0 spiro atoms. The van der Waals surface area contributed by atoms with Crippen LogP contribution in [0.5, 0.6) is 0 Å². The quantitative estimate of drug-likeness (QED) is 0.179. The molecule has 8 N–H and O–H groups in total. The number of fused-ring (bicyclic) bond motifs is 1. The van der Waals surface area contributed by atoms with Crippen molar-refractivity contribution in [2.24, 2.45) is 0 Å². The van der Waals surface area contributed by atoms with Gasteiger partial charge in [0.2, 0.25) is 0 Å². The Morgan fingerprint density at radius 1 is 0.818 bits per heavy atom. The number of aliphatic hydroxyl groups excluding tert-OH is 5. The third-order valence-electron chi connectivity index (χ3n) is 3.69. The van der Waals surface area contributed by atoms with E-state index in [2.05, 4.69) is 29.9 Å². The Balaban J connectivity index is 0.000000237. The molecule has 0 aromatic carbocycles. The number of nitrogens with one attached hydrogen (secondary N) is 2. The number of hydrogen-bond acceptors (Lipinski definition) is 10. The number of aromatic amines is 2. The fraction of sp³-hybridized carbons (Fsp3) is 0.250. The first kappa shape index (κ1) is 27.3. The fourth-order valence-corrected chi connectivity index (χ4v) is 2.00. The van der Waals surface area contributed by atoms with Crippen LogP contribution in [0.3, 0.4) is 0 Å². The molecule has 0 saturated carbocycles. The molecule has 4 rings (SSSR count). The number of aliphatic carboxylic acids is 1. The minimum absolute atomic E-state index is 0.843. The molecular weight excluding hydrogens is 436 g/mol. The van der Waals surface area contributed by atoms with E-state index in [9.17, 15) is 4.79 Å². The standard InChI is InChI=1S/C8H6N2.C6H12O7.2C3H4N2/c1-3-7-8(9-5-1)4-2-6-10-7;7-1-2(8)3(9)4(10)5(11)6(12)13;2*1-2-5-3-4-1/h1-6H;2-5,7-11H,1H2,(H,12,13);2*1-3H,(H,4,5). The van der Waals surface area contributed by atoms with Crippen LogP contribution < -0.4 is 0 Å². The maximum atomic E-state index is 10.1. The van der Waals surface area contributed by atoms with Crippen molar-refractivity contribution in [3.63, 3.8) is 0 Å². The van der Waals surface area contributed by atoms with Gasteiger partial charge in [0.15, 0.2) is 6.10 Å². The van der Waals surface area contributed by atoms with Crippen molar-refractivity contribution in [2.75, 3.05) is 6.61 Å². The average molecular weight is 462 g/mol. The van der Waals surface area contributed by atoms with Gasteiger partial charge < -0.3 is 40.6 Å². The molecule has 0 radical (unpaired) electrons. The summed E-state index contributed by atoms with van der Waals surface area (Å²) in [6, 6.07) is 7.66. The molecule has 4 atom stereocenters. The fourth-order valence-electron chi connectivity index (χ4n) is 2.00. The van der Waals surface area contributed by atoms with Crippen LogP contribution >= 0.6 is 0 Å². The molecule has 13 heteroatoms. The summed E-state index contributed by atoms with van der Waals surface area (Å²) in [6.45, 7) is -0.843. The normalized spacial score (nSPS) is 13.5. The van der Waals surface area contributed by atoms with Gasteiger partial charge in [-0.2, -0.15) is 0 Å². The van der Waals surface area contributed by atoms with E-state index in [0.717, 1.165) is 11.0 Å². The molecule has 0 aliphatic rings. The highest BCUT2D eigenvalue weighted by Gasteiger charge is 2.33. The molecule has 4 aromatic heterocycles. The van der Waals surface area contributed by atoms with Gasteiger partial charge in [0, 0.05) is 37.2 Å². The Hall–Kier alpha value is -3.75. The number of carboxylic acids is 1. The molecule has 4 aromatic rings. The van der Waals surface area contributed by atoms with Gasteiger partial charge in [-0.25, -0.2) is 14.8 Å². The molecule has 13 nitrogen and oxygen atoms in total. The number of H-pyrrole nitrogens is 2. The van der Waals surface area contributed by atoms with Gasteiger partial charge in [-0.15, -0.1) is 0 Å². The highest BCUT2D eigenvalue weighted by atomic mass is 16.4. The molecule has 0 fully saturated rings. The van der Waals surface area contributed by atoms with E-state index in [1.807, 2.05) is 24.3 Å². The lowest BCUT2D eigenvalue weighted by molar-refractivity contribution is -0.164. The minimum Gasteiger partial charge on any atom is -0.479 e. The Kier molecular flexibility index (Phi) is 13.2. The summed E-state index contributed by atoms with van der Waals surface area (Å²) in [5.41, 5.74) is 1.90. The predicted molar refractivity (Wildman–Crippen MR) is 115 cm³/mol. The largest absolute Gasteiger partial charge is 0.479 e. The van der Waals surface area contributed by atoms with Crippen LogP contribution in [0.4, 0.5) is 0 Å². The summed E-state index contributed by atoms with van der Waals surface area (Å²) < 4.78 is 0. The Labute approximate surface area is 188 Å². The zero-order valence-corrected chi connectivity index (χ0v) is 17.3. The lowest BCUT2D eigenvalue weighted by atomic mass is 10.0. The van der Waals surface area contributed by atoms with Crippen molar-refractivity contribution in [1.29, 1.82) is 0 Å². The van der Waals surface area contributed by atoms with Gasteiger partial charge in [0.25, 0.3) is 0 Å². The van der Waals surface area contributed by atoms with Crippen molar-refractivity contribution in [3.8, 4) is 0 Å². The highest BCUT2D eigenvalue weighted by molar-refractivity contribution is 5.73. The van der Waals surface area contributed by atoms with E-state index in [-0.39, 0.29) is 0 Å². The lowest BCUT2D eigenvalue weighted by Crippen LogP contribution is -2.48. The number of pyridine rings is 2. The highest BCUT2D eigenvalue weighted by Crippen LogP contribution is 2.05. The number of carboxylic acid groups (broad SMARTS) is 1. The van der Waals surface area contributed by atoms with Crippen LogP contribution in [0.15, 0.2) is 74.1 Å². The molecule has 0 aliphatic heterocycles. The number of aliphatic hydroxyl groups is 5. The molecule has 0 bridgehead atoms. The smallest absolute Gasteiger partial charge is 0.335 e. The lowest BCUT2D eigenvalue weighted by Gasteiger charge is -2.23. The van der Waals surface area contributed by atoms with Crippen LogP contribution in [0.25, 0.3) is 11.0 Å². The second kappa shape index (κ2) is 16.0. The zero-order valence-electron chi connectivity index (χ0n) is 17.3. The summed E-state index contributed by atoms with van der Waals surface area (Å²) in [6.07, 6.45) is 5.87. The molecule has 178 valence electrons. The van der Waals surface area contributed by atoms with Crippen LogP contribution in [-0.4, -0.2) is 97.5 Å². The van der Waals surface area contributed by atoms with Gasteiger partial charge in [0.1, 0.15) is 18.3 Å². The summed E-state index contributed by atoms with van der Waals surface area (Å²) >= 11 is 0. The molecule has 33 heavy (non-hydrogen) atoms. The summed E-state index contributed by atoms with van der Waals surface area (Å²) in [5, 5.41) is 51.8. The van der Waals surface area contributed by atoms with Gasteiger partial charge in [-0.05, 0) is 24.3 Å². The maximum Gasteiger partial charge on any atom is 0.335 e. The van der Waals surface area contributed by atoms with Crippen molar-refractivity contribution >= 4 is 17.0 Å². The summed E-state index contributed by atoms with van der Waals surface area (Å²) in [7, 11) is 0. The number of imidazole rings is 2. The maximum absolute atomic E-state index is 10.1. The molecule has 0 amide bonds. The Morgan fingerprint density at radius 3 is 1.61 bits per heavy atom. The van der Waals surface area contributed by atoms with E-state index in [0.29, 0.717) is 0 Å². The van der Waals surface area contributed by atoms with Crippen molar-refractivity contribution in [1.82, 2.24) is 29.9 Å². The van der Waals surface area contributed by atoms with Crippen LogP contribution in [0, 0.1) is 0 Å². The van der Waals surface area contributed by atoms with Crippen LogP contribution in [0.1, 0.15) is 0 Å². The first-order valence-electron chi connectivity index (χ1n) is 9.45. The first-order chi connectivity index (χ1) is 15.9. The second-order valence-electron chi connectivity index (χ2n) is 6.08. The Morgan fingerprint density at radius 2 is 1.30 bits per heavy atom. The molecule has 0 saturated heterocycles. The van der Waals surface area contributed by atoms with E-state index in [1.54, 1.807) is 49.8 Å². The van der Waals surface area contributed by atoms with Gasteiger partial charge in [-0.1, -0.05) is 0 Å². The molecular formula is C20H26N6O7. The summed E-state index contributed by atoms with van der Waals surface area (Å²) in [4.78, 5) is 31.2. The third-order valence-corrected chi connectivity index (χ3v) is 3.69. The van der Waals surface area contributed by atoms with Crippen molar-refractivity contribution in [3.05, 3.63) is 74.1 Å². The van der Waals surface area contributed by atoms with E-state index >= 15 is 0 Å². The summed E-state index contributed by atoms with van der Waals surface area (Å²) in [5.74, 6) is -1.73. The zero-order chi connectivity index (χ0) is 24.5. The van der Waals surface area contributed by atoms with Gasteiger partial charge in [-0.3, -0.25) is 9.97 Å². The number of carbonyl (C=O) groups is 1. The third kappa shape index (κ3) is 10.9. The van der Waals surface area contributed by atoms with E-state index < -0.39 is 37.0 Å². The Bertz CT molecular complexity index is 861. The number of hydrogen-bond donors (Lipinski definition) is 8. The van der Waals surface area contributed by atoms with Gasteiger partial charge in [0.05, 0.1) is 30.3 Å². The van der Waals surface area contributed by atoms with Gasteiger partial charge >= 0.3 is 5.97 Å². The number of rotatable bonds is 5. The monoisotopic (exact) mass is 462 g/mol. The number of aromatic nitrogens is 6. The minimum atomic E-state index is -2.20. The second-order valence-corrected chi connectivity index (χ2v) is 6.08. The molecule has 4 heterocycles. The topological polar surface area (TPSA) is 222 Å². The average Bonchev–Trinajstić information content (AvgIpc) is 3.62.